The predicted octanol–water partition coefficient (Wildman–Crippen LogP) is 10.5. The van der Waals surface area contributed by atoms with Crippen molar-refractivity contribution < 1.29 is 18.9 Å². The molecule has 4 aromatic carbocycles. The molecule has 0 aliphatic carbocycles. The molecule has 6 bridgehead atoms. The molecule has 0 radical (unpaired) electrons. The van der Waals surface area contributed by atoms with Crippen LogP contribution in [0.5, 0.6) is 23.0 Å². The van der Waals surface area contributed by atoms with E-state index in [0.29, 0.717) is 26.4 Å². The third kappa shape index (κ3) is 7.71. The van der Waals surface area contributed by atoms with E-state index >= 15 is 0 Å². The fourth-order valence-corrected chi connectivity index (χ4v) is 6.19. The molecule has 0 amide bonds. The summed E-state index contributed by atoms with van der Waals surface area (Å²) in [5, 5.41) is 2.10. The molecule has 0 spiro atoms. The Morgan fingerprint density at radius 2 is 0.792 bits per heavy atom. The second-order valence-corrected chi connectivity index (χ2v) is 12.3. The van der Waals surface area contributed by atoms with Crippen molar-refractivity contribution in [3.8, 4) is 45.5 Å². The van der Waals surface area contributed by atoms with E-state index in [9.17, 15) is 0 Å². The summed E-state index contributed by atoms with van der Waals surface area (Å²) in [6.07, 6.45) is 8.29. The normalized spacial score (nSPS) is 15.2. The summed E-state index contributed by atoms with van der Waals surface area (Å²) in [6.45, 7) is 2.69. The molecule has 1 aliphatic heterocycles. The zero-order valence-electron chi connectivity index (χ0n) is 27.4. The lowest BCUT2D eigenvalue weighted by atomic mass is 10.0. The van der Waals surface area contributed by atoms with Gasteiger partial charge in [0.05, 0.1) is 48.8 Å². The number of ether oxygens (including phenoxy) is 4. The van der Waals surface area contributed by atoms with Crippen LogP contribution in [0.15, 0.2) is 109 Å². The largest absolute Gasteiger partial charge is 0.493 e. The summed E-state index contributed by atoms with van der Waals surface area (Å²) in [6, 6.07) is 37.0. The Hall–Kier alpha value is -5.10. The first-order valence-corrected chi connectivity index (χ1v) is 17.3. The second-order valence-electron chi connectivity index (χ2n) is 12.3. The lowest BCUT2D eigenvalue weighted by molar-refractivity contribution is 0.279. The lowest BCUT2D eigenvalue weighted by Crippen LogP contribution is -2.02. The molecule has 6 heteroatoms. The molecular weight excluding hydrogens is 596 g/mol. The molecule has 2 aromatic heterocycles. The van der Waals surface area contributed by atoms with E-state index < -0.39 is 0 Å². The number of hydrogen-bond acceptors (Lipinski definition) is 6. The Balaban J connectivity index is 1.15. The number of pyridine rings is 2. The number of hydrogen-bond donors (Lipinski definition) is 0. The Bertz CT molecular complexity index is 1840. The highest BCUT2D eigenvalue weighted by atomic mass is 16.5. The van der Waals surface area contributed by atoms with Crippen LogP contribution in [-0.4, -0.2) is 36.4 Å². The third-order valence-corrected chi connectivity index (χ3v) is 8.78. The minimum atomic E-state index is 0.653. The van der Waals surface area contributed by atoms with Crippen molar-refractivity contribution in [1.82, 2.24) is 9.97 Å². The number of aromatic nitrogens is 2. The van der Waals surface area contributed by atoms with E-state index in [-0.39, 0.29) is 0 Å². The van der Waals surface area contributed by atoms with Crippen molar-refractivity contribution in [3.63, 3.8) is 0 Å². The standard InChI is InChI=1S/C42H42N2O4/c1-3-11-28-47-39-18-7-5-16-35(39)37-24-22-31-20-21-32-23-25-38(44-42(32)41(31)43-37)36-17-6-8-19-40(36)48-29-12-4-2-10-27-46-34-15-13-14-33(30-34)45-26-9-1/h5-8,13-25,30H,1-4,9-12,26-29H2. The van der Waals surface area contributed by atoms with E-state index in [1.807, 2.05) is 60.7 Å². The van der Waals surface area contributed by atoms with Gasteiger partial charge in [-0.2, -0.15) is 0 Å². The van der Waals surface area contributed by atoms with Crippen LogP contribution in [0.2, 0.25) is 0 Å². The molecule has 244 valence electrons. The maximum Gasteiger partial charge on any atom is 0.128 e. The second kappa shape index (κ2) is 15.7. The topological polar surface area (TPSA) is 62.7 Å². The van der Waals surface area contributed by atoms with Crippen LogP contribution in [0.1, 0.15) is 51.4 Å². The van der Waals surface area contributed by atoms with Gasteiger partial charge in [-0.1, -0.05) is 54.6 Å². The maximum absolute atomic E-state index is 6.32. The van der Waals surface area contributed by atoms with Gasteiger partial charge in [-0.15, -0.1) is 0 Å². The first-order chi connectivity index (χ1) is 23.8. The Morgan fingerprint density at radius 3 is 1.27 bits per heavy atom. The summed E-state index contributed by atoms with van der Waals surface area (Å²) >= 11 is 0. The molecule has 0 unspecified atom stereocenters. The third-order valence-electron chi connectivity index (χ3n) is 8.78. The van der Waals surface area contributed by atoms with Crippen LogP contribution in [0, 0.1) is 0 Å². The van der Waals surface area contributed by atoms with Crippen molar-refractivity contribution in [3.05, 3.63) is 109 Å². The van der Waals surface area contributed by atoms with Crippen LogP contribution in [-0.2, 0) is 0 Å². The average molecular weight is 639 g/mol. The highest BCUT2D eigenvalue weighted by Gasteiger charge is 2.13. The maximum atomic E-state index is 6.32. The molecular formula is C42H42N2O4. The molecule has 0 saturated heterocycles. The van der Waals surface area contributed by atoms with Crippen molar-refractivity contribution in [2.75, 3.05) is 26.4 Å². The minimum absolute atomic E-state index is 0.653. The van der Waals surface area contributed by atoms with Crippen molar-refractivity contribution in [2.45, 2.75) is 51.4 Å². The van der Waals surface area contributed by atoms with Gasteiger partial charge in [0.1, 0.15) is 23.0 Å². The minimum Gasteiger partial charge on any atom is -0.493 e. The number of benzene rings is 4. The van der Waals surface area contributed by atoms with E-state index in [0.717, 1.165) is 119 Å². The lowest BCUT2D eigenvalue weighted by Gasteiger charge is -2.13. The number of rotatable bonds is 0. The molecule has 48 heavy (non-hydrogen) atoms. The van der Waals surface area contributed by atoms with Gasteiger partial charge in [0.25, 0.3) is 0 Å². The SMILES string of the molecule is c1cc2cc(c1)OCCCCCCOc1ccccc1-c1ccc3ccc4ccc(nc4c3n1)-c1ccccc1OCCCCCCO2. The highest BCUT2D eigenvalue weighted by Crippen LogP contribution is 2.34. The van der Waals surface area contributed by atoms with Crippen molar-refractivity contribution in [1.29, 1.82) is 0 Å². The van der Waals surface area contributed by atoms with Crippen LogP contribution >= 0.6 is 0 Å². The molecule has 0 N–H and O–H groups in total. The van der Waals surface area contributed by atoms with Crippen LogP contribution in [0.4, 0.5) is 0 Å². The Morgan fingerprint density at radius 1 is 0.375 bits per heavy atom. The number of fused-ring (bicyclic) bond motifs is 8. The molecule has 0 fully saturated rings. The number of nitrogens with zero attached hydrogens (tertiary/aromatic N) is 2. The van der Waals surface area contributed by atoms with Gasteiger partial charge in [-0.05, 0) is 99.9 Å². The molecule has 0 atom stereocenters. The van der Waals surface area contributed by atoms with E-state index in [2.05, 4.69) is 48.5 Å². The molecule has 6 aromatic rings. The zero-order chi connectivity index (χ0) is 32.4. The van der Waals surface area contributed by atoms with Gasteiger partial charge in [-0.25, -0.2) is 9.97 Å². The molecule has 3 heterocycles. The summed E-state index contributed by atoms with van der Waals surface area (Å²) in [4.78, 5) is 10.4. The Labute approximate surface area is 282 Å². The fraction of sp³-hybridized carbons (Fsp3) is 0.286. The van der Waals surface area contributed by atoms with Gasteiger partial charge in [0.15, 0.2) is 0 Å². The molecule has 1 aliphatic rings. The molecule has 6 nitrogen and oxygen atoms in total. The fourth-order valence-electron chi connectivity index (χ4n) is 6.19. The van der Waals surface area contributed by atoms with Gasteiger partial charge in [0, 0.05) is 28.0 Å². The first kappa shape index (κ1) is 31.5. The molecule has 7 rings (SSSR count). The summed E-state index contributed by atoms with van der Waals surface area (Å²) in [5.74, 6) is 3.41. The van der Waals surface area contributed by atoms with Gasteiger partial charge < -0.3 is 18.9 Å². The van der Waals surface area contributed by atoms with Crippen LogP contribution in [0.25, 0.3) is 44.3 Å². The van der Waals surface area contributed by atoms with Gasteiger partial charge in [-0.3, -0.25) is 0 Å². The van der Waals surface area contributed by atoms with E-state index in [1.54, 1.807) is 0 Å². The van der Waals surface area contributed by atoms with E-state index in [1.165, 1.54) is 0 Å². The smallest absolute Gasteiger partial charge is 0.128 e. The summed E-state index contributed by atoms with van der Waals surface area (Å²) in [5.41, 5.74) is 5.46. The monoisotopic (exact) mass is 638 g/mol. The summed E-state index contributed by atoms with van der Waals surface area (Å²) < 4.78 is 24.7. The van der Waals surface area contributed by atoms with Crippen LogP contribution in [0.3, 0.4) is 0 Å². The highest BCUT2D eigenvalue weighted by molar-refractivity contribution is 6.04. The van der Waals surface area contributed by atoms with Gasteiger partial charge >= 0.3 is 0 Å². The average Bonchev–Trinajstić information content (AvgIpc) is 3.13. The zero-order valence-corrected chi connectivity index (χ0v) is 27.4. The van der Waals surface area contributed by atoms with Crippen molar-refractivity contribution in [2.24, 2.45) is 0 Å². The Kier molecular flexibility index (Phi) is 10.3. The first-order valence-electron chi connectivity index (χ1n) is 17.3. The van der Waals surface area contributed by atoms with E-state index in [4.69, 9.17) is 28.9 Å². The van der Waals surface area contributed by atoms with Gasteiger partial charge in [0.2, 0.25) is 0 Å². The van der Waals surface area contributed by atoms with Crippen LogP contribution < -0.4 is 18.9 Å². The van der Waals surface area contributed by atoms with Crippen molar-refractivity contribution >= 4 is 21.8 Å². The summed E-state index contributed by atoms with van der Waals surface area (Å²) in [7, 11) is 0. The predicted molar refractivity (Wildman–Crippen MR) is 193 cm³/mol. The quantitative estimate of drug-likeness (QED) is 0.154. The molecule has 0 saturated carbocycles. The number of para-hydroxylation sites is 2.